The molecule has 1 N–H and O–H groups in total. The largest absolute Gasteiger partial charge is 0.510 e. The third-order valence-corrected chi connectivity index (χ3v) is 4.73. The number of fused-ring (bicyclic) bond motifs is 1. The van der Waals surface area contributed by atoms with Gasteiger partial charge in [0.05, 0.1) is 16.0 Å². The molecule has 0 aliphatic heterocycles. The number of aliphatic hydroxyl groups excluding tert-OH is 1. The molecule has 108 valence electrons. The first-order valence-corrected chi connectivity index (χ1v) is 8.16. The Kier molecular flexibility index (Phi) is 4.32. The van der Waals surface area contributed by atoms with Gasteiger partial charge < -0.3 is 5.11 Å². The number of nitrogens with zero attached hydrogens (tertiary/aromatic N) is 4. The first-order valence-electron chi connectivity index (χ1n) is 6.36. The number of para-hydroxylation sites is 1. The fourth-order valence-corrected chi connectivity index (χ4v) is 3.44. The molecular weight excluding hydrogens is 316 g/mol. The van der Waals surface area contributed by atoms with Crippen LogP contribution in [0.2, 0.25) is 0 Å². The molecule has 5 nitrogen and oxygen atoms in total. The summed E-state index contributed by atoms with van der Waals surface area (Å²) in [5, 5.41) is 20.6. The van der Waals surface area contributed by atoms with E-state index in [0.29, 0.717) is 10.2 Å². The van der Waals surface area contributed by atoms with Crippen molar-refractivity contribution in [1.82, 2.24) is 15.0 Å². The van der Waals surface area contributed by atoms with Crippen molar-refractivity contribution in [1.29, 1.82) is 5.26 Å². The Labute approximate surface area is 135 Å². The zero-order chi connectivity index (χ0) is 15.4. The minimum absolute atomic E-state index is 0.0148. The van der Waals surface area contributed by atoms with Crippen LogP contribution in [0.4, 0.5) is 0 Å². The number of rotatable bonds is 4. The molecule has 0 saturated carbocycles. The second-order valence-electron chi connectivity index (χ2n) is 4.24. The lowest BCUT2D eigenvalue weighted by atomic mass is 10.2. The molecule has 7 heteroatoms. The van der Waals surface area contributed by atoms with Crippen molar-refractivity contribution in [2.45, 2.75) is 5.16 Å². The van der Waals surface area contributed by atoms with Crippen LogP contribution in [0.5, 0.6) is 0 Å². The summed E-state index contributed by atoms with van der Waals surface area (Å²) in [5.74, 6) is 0.210. The summed E-state index contributed by atoms with van der Waals surface area (Å²) in [5.41, 5.74) is 1.02. The number of hydrogen-bond donors (Lipinski definition) is 1. The molecule has 3 rings (SSSR count). The van der Waals surface area contributed by atoms with Gasteiger partial charge in [-0.2, -0.15) is 5.26 Å². The third kappa shape index (κ3) is 3.08. The van der Waals surface area contributed by atoms with E-state index >= 15 is 0 Å². The molecule has 0 saturated heterocycles. The predicted molar refractivity (Wildman–Crippen MR) is 87.5 cm³/mol. The molecule has 3 aromatic rings. The maximum atomic E-state index is 10.2. The highest BCUT2D eigenvalue weighted by atomic mass is 32.2. The van der Waals surface area contributed by atoms with Gasteiger partial charge in [-0.1, -0.05) is 23.9 Å². The van der Waals surface area contributed by atoms with Crippen molar-refractivity contribution in [2.24, 2.45) is 0 Å². The quantitative estimate of drug-likeness (QED) is 0.341. The number of thiazole rings is 1. The molecule has 0 unspecified atom stereocenters. The average Bonchev–Trinajstić information content (AvgIpc) is 2.98. The molecule has 0 aliphatic rings. The number of allylic oxidation sites excluding steroid dienone is 1. The maximum Gasteiger partial charge on any atom is 0.187 e. The topological polar surface area (TPSA) is 82.7 Å². The Morgan fingerprint density at radius 1 is 1.23 bits per heavy atom. The highest BCUT2D eigenvalue weighted by Crippen LogP contribution is 2.29. The highest BCUT2D eigenvalue weighted by molar-refractivity contribution is 7.99. The van der Waals surface area contributed by atoms with Gasteiger partial charge in [0.15, 0.2) is 5.16 Å². The van der Waals surface area contributed by atoms with E-state index in [1.165, 1.54) is 23.1 Å². The summed E-state index contributed by atoms with van der Waals surface area (Å²) >= 11 is 2.66. The second kappa shape index (κ2) is 6.56. The first kappa shape index (κ1) is 14.5. The molecule has 0 radical (unpaired) electrons. The van der Waals surface area contributed by atoms with Gasteiger partial charge in [-0.15, -0.1) is 11.3 Å². The average molecular weight is 326 g/mol. The zero-order valence-electron chi connectivity index (χ0n) is 11.3. The lowest BCUT2D eigenvalue weighted by molar-refractivity contribution is 0.420. The van der Waals surface area contributed by atoms with Crippen molar-refractivity contribution in [2.75, 3.05) is 5.75 Å². The van der Waals surface area contributed by atoms with E-state index in [0.717, 1.165) is 10.2 Å². The molecule has 0 bridgehead atoms. The number of aromatic nitrogens is 3. The van der Waals surface area contributed by atoms with Crippen LogP contribution in [0, 0.1) is 11.3 Å². The van der Waals surface area contributed by atoms with Gasteiger partial charge >= 0.3 is 0 Å². The van der Waals surface area contributed by atoms with Crippen LogP contribution in [-0.2, 0) is 0 Å². The van der Waals surface area contributed by atoms with Gasteiger partial charge in [-0.25, -0.2) is 15.0 Å². The van der Waals surface area contributed by atoms with E-state index in [2.05, 4.69) is 15.0 Å². The number of thioether (sulfide) groups is 1. The second-order valence-corrected chi connectivity index (χ2v) is 6.21. The van der Waals surface area contributed by atoms with Crippen LogP contribution in [0.1, 0.15) is 5.01 Å². The van der Waals surface area contributed by atoms with E-state index in [1.807, 2.05) is 30.3 Å². The molecule has 0 spiro atoms. The van der Waals surface area contributed by atoms with E-state index in [4.69, 9.17) is 0 Å². The molecule has 2 heterocycles. The van der Waals surface area contributed by atoms with Gasteiger partial charge in [-0.05, 0) is 18.2 Å². The first-order chi connectivity index (χ1) is 10.8. The third-order valence-electron chi connectivity index (χ3n) is 2.79. The number of hydrogen-bond acceptors (Lipinski definition) is 7. The van der Waals surface area contributed by atoms with Gasteiger partial charge in [0, 0.05) is 12.4 Å². The fourth-order valence-electron chi connectivity index (χ4n) is 1.78. The number of nitriles is 1. The molecule has 0 atom stereocenters. The molecule has 1 aromatic carbocycles. The Morgan fingerprint density at radius 3 is 2.73 bits per heavy atom. The fraction of sp³-hybridized carbons (Fsp3) is 0.0667. The van der Waals surface area contributed by atoms with E-state index in [1.54, 1.807) is 18.5 Å². The Morgan fingerprint density at radius 2 is 2.00 bits per heavy atom. The standard InChI is InChI=1S/C15H10N4OS2/c16-8-10(12(20)9-21-15-17-6-3-7-18-15)14-19-11-4-1-2-5-13(11)22-14/h1-7,20H,9H2/b12-10+. The molecule has 0 aliphatic carbocycles. The molecule has 0 fully saturated rings. The van der Waals surface area contributed by atoms with Crippen molar-refractivity contribution < 1.29 is 5.11 Å². The van der Waals surface area contributed by atoms with Crippen molar-refractivity contribution in [3.63, 3.8) is 0 Å². The van der Waals surface area contributed by atoms with Gasteiger partial charge in [-0.3, -0.25) is 0 Å². The number of aliphatic hydroxyl groups is 1. The van der Waals surface area contributed by atoms with Crippen LogP contribution >= 0.6 is 23.1 Å². The maximum absolute atomic E-state index is 10.2. The highest BCUT2D eigenvalue weighted by Gasteiger charge is 2.14. The van der Waals surface area contributed by atoms with E-state index < -0.39 is 0 Å². The Balaban J connectivity index is 1.86. The Bertz CT molecular complexity index is 835. The lowest BCUT2D eigenvalue weighted by Gasteiger charge is -2.01. The molecule has 2 aromatic heterocycles. The van der Waals surface area contributed by atoms with Crippen molar-refractivity contribution in [3.05, 3.63) is 53.5 Å². The minimum Gasteiger partial charge on any atom is -0.510 e. The summed E-state index contributed by atoms with van der Waals surface area (Å²) in [6, 6.07) is 11.4. The van der Waals surface area contributed by atoms with Crippen LogP contribution in [0.25, 0.3) is 15.8 Å². The van der Waals surface area contributed by atoms with Crippen molar-refractivity contribution in [3.8, 4) is 6.07 Å². The smallest absolute Gasteiger partial charge is 0.187 e. The SMILES string of the molecule is N#C/C(=C(\O)CSc1ncccn1)c1nc2ccccc2s1. The van der Waals surface area contributed by atoms with Crippen LogP contribution in [0.3, 0.4) is 0 Å². The normalized spacial score (nSPS) is 12.0. The minimum atomic E-state index is -0.0148. The zero-order valence-corrected chi connectivity index (χ0v) is 12.9. The van der Waals surface area contributed by atoms with E-state index in [-0.39, 0.29) is 17.1 Å². The van der Waals surface area contributed by atoms with Crippen LogP contribution < -0.4 is 0 Å². The van der Waals surface area contributed by atoms with Gasteiger partial charge in [0.2, 0.25) is 0 Å². The van der Waals surface area contributed by atoms with Gasteiger partial charge in [0.1, 0.15) is 22.4 Å². The number of benzene rings is 1. The molecule has 0 amide bonds. The summed E-state index contributed by atoms with van der Waals surface area (Å²) < 4.78 is 0.983. The van der Waals surface area contributed by atoms with Gasteiger partial charge in [0.25, 0.3) is 0 Å². The van der Waals surface area contributed by atoms with Crippen LogP contribution in [0.15, 0.2) is 53.6 Å². The van der Waals surface area contributed by atoms with E-state index in [9.17, 15) is 10.4 Å². The summed E-state index contributed by atoms with van der Waals surface area (Å²) in [6.07, 6.45) is 3.27. The summed E-state index contributed by atoms with van der Waals surface area (Å²) in [6.45, 7) is 0. The monoisotopic (exact) mass is 326 g/mol. The summed E-state index contributed by atoms with van der Waals surface area (Å²) in [4.78, 5) is 12.5. The van der Waals surface area contributed by atoms with Crippen molar-refractivity contribution >= 4 is 38.9 Å². The molecule has 22 heavy (non-hydrogen) atoms. The predicted octanol–water partition coefficient (Wildman–Crippen LogP) is 3.67. The molecular formula is C15H10N4OS2. The lowest BCUT2D eigenvalue weighted by Crippen LogP contribution is -1.94. The van der Waals surface area contributed by atoms with Crippen LogP contribution in [-0.4, -0.2) is 25.8 Å². The Hall–Kier alpha value is -2.43. The summed E-state index contributed by atoms with van der Waals surface area (Å²) in [7, 11) is 0.